The molecule has 0 bridgehead atoms. The molecule has 0 radical (unpaired) electrons. The van der Waals surface area contributed by atoms with Gasteiger partial charge in [-0.1, -0.05) is 206 Å². The van der Waals surface area contributed by atoms with Crippen molar-refractivity contribution in [3.05, 3.63) is 0 Å². The second-order valence-electron chi connectivity index (χ2n) is 16.6. The predicted molar refractivity (Wildman–Crippen MR) is 221 cm³/mol. The smallest absolute Gasteiger partial charge is 0.220 e. The summed E-state index contributed by atoms with van der Waals surface area (Å²) in [5.74, 6) is -0.140. The molecule has 6 N–H and O–H groups in total. The van der Waals surface area contributed by atoms with Crippen LogP contribution in [-0.4, -0.2) is 87.5 Å². The van der Waals surface area contributed by atoms with Gasteiger partial charge in [0.15, 0.2) is 6.29 Å². The molecule has 1 heterocycles. The number of amides is 1. The number of rotatable bonds is 39. The number of carbonyl (C=O) groups excluding carboxylic acids is 1. The molecule has 1 rings (SSSR count). The van der Waals surface area contributed by atoms with Crippen molar-refractivity contribution in [1.82, 2.24) is 5.32 Å². The predicted octanol–water partition coefficient (Wildman–Crippen LogP) is 9.56. The van der Waals surface area contributed by atoms with E-state index in [1.165, 1.54) is 161 Å². The third kappa shape index (κ3) is 26.9. The van der Waals surface area contributed by atoms with Gasteiger partial charge in [0.1, 0.15) is 24.4 Å². The van der Waals surface area contributed by atoms with Crippen molar-refractivity contribution in [1.29, 1.82) is 0 Å². The maximum Gasteiger partial charge on any atom is 0.220 e. The summed E-state index contributed by atoms with van der Waals surface area (Å²) < 4.78 is 11.3. The van der Waals surface area contributed by atoms with Crippen LogP contribution in [-0.2, 0) is 14.3 Å². The van der Waals surface area contributed by atoms with E-state index in [2.05, 4.69) is 19.2 Å². The molecule has 9 nitrogen and oxygen atoms in total. The number of aliphatic hydroxyl groups is 5. The Labute approximate surface area is 332 Å². The lowest BCUT2D eigenvalue weighted by atomic mass is 9.99. The molecule has 1 amide bonds. The fourth-order valence-corrected chi connectivity index (χ4v) is 7.69. The average molecular weight is 772 g/mol. The average Bonchev–Trinajstić information content (AvgIpc) is 3.17. The zero-order valence-corrected chi connectivity index (χ0v) is 35.3. The van der Waals surface area contributed by atoms with E-state index in [-0.39, 0.29) is 12.5 Å². The molecule has 0 aromatic rings. The molecule has 2 unspecified atom stereocenters. The molecular weight excluding hydrogens is 682 g/mol. The summed E-state index contributed by atoms with van der Waals surface area (Å²) >= 11 is 0. The molecule has 0 aromatic heterocycles. The summed E-state index contributed by atoms with van der Waals surface area (Å²) in [6.07, 6.45) is 32.4. The lowest BCUT2D eigenvalue weighted by Crippen LogP contribution is -2.60. The normalized spacial score (nSPS) is 21.4. The highest BCUT2D eigenvalue weighted by Gasteiger charge is 2.44. The Kier molecular flexibility index (Phi) is 34.6. The van der Waals surface area contributed by atoms with Crippen LogP contribution in [0.5, 0.6) is 0 Å². The molecule has 0 saturated carbocycles. The minimum atomic E-state index is -1.55. The first-order valence-electron chi connectivity index (χ1n) is 23.2. The van der Waals surface area contributed by atoms with Crippen LogP contribution in [0, 0.1) is 0 Å². The lowest BCUT2D eigenvalue weighted by Gasteiger charge is -2.40. The first-order chi connectivity index (χ1) is 26.3. The van der Waals surface area contributed by atoms with E-state index in [0.29, 0.717) is 12.8 Å². The van der Waals surface area contributed by atoms with Crippen LogP contribution < -0.4 is 5.32 Å². The molecular formula is C45H89NO8. The first kappa shape index (κ1) is 51.2. The van der Waals surface area contributed by atoms with Gasteiger partial charge in [0, 0.05) is 6.42 Å². The summed E-state index contributed by atoms with van der Waals surface area (Å²) in [7, 11) is 0. The van der Waals surface area contributed by atoms with Gasteiger partial charge in [-0.05, 0) is 12.8 Å². The Hall–Kier alpha value is -0.810. The Bertz CT molecular complexity index is 817. The maximum absolute atomic E-state index is 13.0. The lowest BCUT2D eigenvalue weighted by molar-refractivity contribution is -0.302. The van der Waals surface area contributed by atoms with Crippen LogP contribution in [0.3, 0.4) is 0 Å². The van der Waals surface area contributed by atoms with Gasteiger partial charge in [-0.25, -0.2) is 0 Å². The molecule has 1 aliphatic heterocycles. The van der Waals surface area contributed by atoms with E-state index in [1.54, 1.807) is 0 Å². The van der Waals surface area contributed by atoms with Crippen molar-refractivity contribution >= 4 is 5.91 Å². The van der Waals surface area contributed by atoms with Gasteiger partial charge >= 0.3 is 0 Å². The first-order valence-corrected chi connectivity index (χ1v) is 23.2. The van der Waals surface area contributed by atoms with Gasteiger partial charge < -0.3 is 40.3 Å². The standard InChI is InChI=1S/C45H89NO8/c1-3-5-7-9-11-13-15-17-19-21-23-25-27-29-31-33-35-41(49)46-38(37-53-45-44(52)43(51)42(50)40(36-47)54-45)39(48)34-32-30-28-26-24-22-20-18-16-14-12-10-8-6-4-2/h38-40,42-45,47-48,50-52H,3-37H2,1-2H3,(H,46,49)/t38-,39+,40+,42-,43?,44?,45+/m0/s1. The second-order valence-corrected chi connectivity index (χ2v) is 16.6. The highest BCUT2D eigenvalue weighted by molar-refractivity contribution is 5.76. The van der Waals surface area contributed by atoms with Crippen LogP contribution in [0.15, 0.2) is 0 Å². The summed E-state index contributed by atoms with van der Waals surface area (Å²) in [5.41, 5.74) is 0. The number of hydrogen-bond donors (Lipinski definition) is 6. The largest absolute Gasteiger partial charge is 0.394 e. The molecule has 1 saturated heterocycles. The van der Waals surface area contributed by atoms with E-state index in [0.717, 1.165) is 38.5 Å². The van der Waals surface area contributed by atoms with Gasteiger partial charge in [-0.15, -0.1) is 0 Å². The summed E-state index contributed by atoms with van der Waals surface area (Å²) in [6, 6.07) is -0.711. The summed E-state index contributed by atoms with van der Waals surface area (Å²) in [6.45, 7) is 3.85. The fraction of sp³-hybridized carbons (Fsp3) is 0.978. The van der Waals surface area contributed by atoms with Crippen LogP contribution in [0.4, 0.5) is 0 Å². The molecule has 1 fully saturated rings. The van der Waals surface area contributed by atoms with Gasteiger partial charge in [0.05, 0.1) is 25.4 Å². The molecule has 0 aliphatic carbocycles. The third-order valence-electron chi connectivity index (χ3n) is 11.5. The van der Waals surface area contributed by atoms with Crippen molar-refractivity contribution in [2.45, 2.75) is 269 Å². The topological polar surface area (TPSA) is 149 Å². The van der Waals surface area contributed by atoms with E-state index in [1.807, 2.05) is 0 Å². The molecule has 0 aromatic carbocycles. The van der Waals surface area contributed by atoms with Crippen molar-refractivity contribution in [2.24, 2.45) is 0 Å². The minimum Gasteiger partial charge on any atom is -0.394 e. The van der Waals surface area contributed by atoms with Crippen LogP contribution in [0.25, 0.3) is 0 Å². The third-order valence-corrected chi connectivity index (χ3v) is 11.5. The maximum atomic E-state index is 13.0. The van der Waals surface area contributed by atoms with E-state index in [9.17, 15) is 30.3 Å². The monoisotopic (exact) mass is 772 g/mol. The van der Waals surface area contributed by atoms with Crippen LogP contribution >= 0.6 is 0 Å². The molecule has 322 valence electrons. The van der Waals surface area contributed by atoms with Crippen LogP contribution in [0.1, 0.15) is 226 Å². The zero-order chi connectivity index (χ0) is 39.5. The summed E-state index contributed by atoms with van der Waals surface area (Å²) in [4.78, 5) is 13.0. The van der Waals surface area contributed by atoms with Gasteiger partial charge in [-0.2, -0.15) is 0 Å². The Balaban J connectivity index is 2.31. The molecule has 1 aliphatic rings. The van der Waals surface area contributed by atoms with Crippen molar-refractivity contribution in [3.8, 4) is 0 Å². The van der Waals surface area contributed by atoms with Crippen LogP contribution in [0.2, 0.25) is 0 Å². The van der Waals surface area contributed by atoms with E-state index >= 15 is 0 Å². The molecule has 9 heteroatoms. The number of ether oxygens (including phenoxy) is 2. The van der Waals surface area contributed by atoms with E-state index < -0.39 is 49.5 Å². The van der Waals surface area contributed by atoms with Gasteiger partial charge in [-0.3, -0.25) is 4.79 Å². The van der Waals surface area contributed by atoms with Gasteiger partial charge in [0.2, 0.25) is 5.91 Å². The SMILES string of the molecule is CCCCCCCCCCCCCCCCCCC(=O)N[C@@H](CO[C@@H]1O[C@H](CO)[C@H](O)C(O)C1O)[C@H](O)CCCCCCCCCCCCCCCCC. The molecule has 0 spiro atoms. The fourth-order valence-electron chi connectivity index (χ4n) is 7.69. The Morgan fingerprint density at radius 3 is 1.31 bits per heavy atom. The Morgan fingerprint density at radius 2 is 0.926 bits per heavy atom. The highest BCUT2D eigenvalue weighted by Crippen LogP contribution is 2.23. The molecule has 7 atom stereocenters. The van der Waals surface area contributed by atoms with Crippen molar-refractivity contribution in [3.63, 3.8) is 0 Å². The molecule has 54 heavy (non-hydrogen) atoms. The second kappa shape index (κ2) is 36.5. The number of hydrogen-bond acceptors (Lipinski definition) is 8. The van der Waals surface area contributed by atoms with E-state index in [4.69, 9.17) is 9.47 Å². The Morgan fingerprint density at radius 1 is 0.556 bits per heavy atom. The van der Waals surface area contributed by atoms with Gasteiger partial charge in [0.25, 0.3) is 0 Å². The number of aliphatic hydroxyl groups excluding tert-OH is 5. The quantitative estimate of drug-likeness (QED) is 0.0339. The number of nitrogens with one attached hydrogen (secondary N) is 1. The summed E-state index contributed by atoms with van der Waals surface area (Å²) in [5, 5.41) is 54.3. The number of unbranched alkanes of at least 4 members (excludes halogenated alkanes) is 29. The van der Waals surface area contributed by atoms with Crippen molar-refractivity contribution < 1.29 is 39.8 Å². The van der Waals surface area contributed by atoms with Crippen molar-refractivity contribution in [2.75, 3.05) is 13.2 Å². The minimum absolute atomic E-state index is 0.132. The highest BCUT2D eigenvalue weighted by atomic mass is 16.7. The zero-order valence-electron chi connectivity index (χ0n) is 35.3. The number of carbonyl (C=O) groups is 1.